The molecule has 3 rings (SSSR count). The van der Waals surface area contributed by atoms with Crippen molar-refractivity contribution in [1.29, 1.82) is 0 Å². The highest BCUT2D eigenvalue weighted by Crippen LogP contribution is 2.44. The number of ether oxygens (including phenoxy) is 1. The number of aliphatic carboxylic acids is 1. The van der Waals surface area contributed by atoms with Crippen LogP contribution in [0.25, 0.3) is 11.1 Å². The zero-order chi connectivity index (χ0) is 25.8. The molecule has 1 atom stereocenters. The molecule has 0 aromatic heterocycles. The highest BCUT2D eigenvalue weighted by atomic mass is 16.5. The minimum Gasteiger partial charge on any atom is -0.481 e. The molecule has 1 unspecified atom stereocenters. The fraction of sp³-hybridized carbons (Fsp3) is 0.464. The van der Waals surface area contributed by atoms with E-state index in [2.05, 4.69) is 34.9 Å². The van der Waals surface area contributed by atoms with E-state index in [0.29, 0.717) is 12.8 Å². The maximum Gasteiger partial charge on any atom is 0.407 e. The number of nitrogens with one attached hydrogen (secondary N) is 2. The predicted molar refractivity (Wildman–Crippen MR) is 135 cm³/mol. The Morgan fingerprint density at radius 2 is 1.51 bits per heavy atom. The number of hydrogen-bond donors (Lipinski definition) is 3. The lowest BCUT2D eigenvalue weighted by molar-refractivity contribution is -0.138. The molecule has 1 aliphatic carbocycles. The molecule has 0 spiro atoms. The first-order valence-corrected chi connectivity index (χ1v) is 12.1. The number of benzene rings is 2. The molecule has 35 heavy (non-hydrogen) atoms. The number of amides is 2. The highest BCUT2D eigenvalue weighted by molar-refractivity contribution is 5.85. The average molecular weight is 481 g/mol. The first-order valence-electron chi connectivity index (χ1n) is 12.1. The third kappa shape index (κ3) is 5.66. The van der Waals surface area contributed by atoms with E-state index in [-0.39, 0.29) is 30.9 Å². The zero-order valence-electron chi connectivity index (χ0n) is 21.2. The van der Waals surface area contributed by atoms with E-state index in [0.717, 1.165) is 22.3 Å². The SMILES string of the molecule is CCC(CCC(=O)O)NC(=O)C(C)(C)C(C)(C)NC(=O)OCC1c2ccccc2-c2ccccc21. The normalized spacial score (nSPS) is 14.0. The molecule has 0 saturated heterocycles. The van der Waals surface area contributed by atoms with E-state index < -0.39 is 23.0 Å². The number of rotatable bonds is 10. The van der Waals surface area contributed by atoms with Crippen LogP contribution in [0, 0.1) is 5.41 Å². The van der Waals surface area contributed by atoms with Crippen LogP contribution in [0.5, 0.6) is 0 Å². The first-order chi connectivity index (χ1) is 16.5. The number of alkyl carbamates (subject to hydrolysis) is 1. The van der Waals surface area contributed by atoms with Gasteiger partial charge in [-0.1, -0.05) is 55.5 Å². The zero-order valence-corrected chi connectivity index (χ0v) is 21.2. The van der Waals surface area contributed by atoms with Gasteiger partial charge in [0.15, 0.2) is 0 Å². The molecule has 2 aromatic rings. The lowest BCUT2D eigenvalue weighted by atomic mass is 9.73. The summed E-state index contributed by atoms with van der Waals surface area (Å²) < 4.78 is 5.67. The predicted octanol–water partition coefficient (Wildman–Crippen LogP) is 5.09. The molecule has 7 heteroatoms. The van der Waals surface area contributed by atoms with Gasteiger partial charge in [0.1, 0.15) is 6.61 Å². The van der Waals surface area contributed by atoms with Crippen LogP contribution < -0.4 is 10.6 Å². The monoisotopic (exact) mass is 480 g/mol. The Labute approximate surface area is 207 Å². The number of hydrogen-bond acceptors (Lipinski definition) is 4. The average Bonchev–Trinajstić information content (AvgIpc) is 3.13. The highest BCUT2D eigenvalue weighted by Gasteiger charge is 2.45. The van der Waals surface area contributed by atoms with Gasteiger partial charge in [-0.05, 0) is 62.8 Å². The summed E-state index contributed by atoms with van der Waals surface area (Å²) in [5, 5.41) is 14.8. The Morgan fingerprint density at radius 3 is 2.03 bits per heavy atom. The summed E-state index contributed by atoms with van der Waals surface area (Å²) in [7, 11) is 0. The minimum absolute atomic E-state index is 0.0133. The van der Waals surface area contributed by atoms with E-state index in [1.54, 1.807) is 27.7 Å². The molecular weight excluding hydrogens is 444 g/mol. The maximum absolute atomic E-state index is 13.1. The molecule has 2 amide bonds. The number of carbonyl (C=O) groups is 3. The summed E-state index contributed by atoms with van der Waals surface area (Å²) in [4.78, 5) is 36.8. The van der Waals surface area contributed by atoms with Crippen molar-refractivity contribution in [2.24, 2.45) is 5.41 Å². The Hall–Kier alpha value is -3.35. The number of carboxylic acid groups (broad SMARTS) is 1. The number of carbonyl (C=O) groups excluding carboxylic acids is 2. The van der Waals surface area contributed by atoms with Crippen molar-refractivity contribution in [3.05, 3.63) is 59.7 Å². The second-order valence-electron chi connectivity index (χ2n) is 10.2. The Balaban J connectivity index is 1.64. The van der Waals surface area contributed by atoms with Crippen LogP contribution in [-0.4, -0.2) is 41.3 Å². The number of carboxylic acids is 1. The molecule has 0 aliphatic heterocycles. The van der Waals surface area contributed by atoms with Crippen LogP contribution in [0.3, 0.4) is 0 Å². The summed E-state index contributed by atoms with van der Waals surface area (Å²) in [6, 6.07) is 16.0. The molecule has 0 fully saturated rings. The molecule has 1 aliphatic rings. The van der Waals surface area contributed by atoms with E-state index in [1.165, 1.54) is 0 Å². The Bertz CT molecular complexity index is 1050. The van der Waals surface area contributed by atoms with Crippen molar-refractivity contribution in [2.45, 2.75) is 71.4 Å². The molecule has 2 aromatic carbocycles. The van der Waals surface area contributed by atoms with Gasteiger partial charge in [0, 0.05) is 18.4 Å². The summed E-state index contributed by atoms with van der Waals surface area (Å²) in [6.45, 7) is 9.18. The first kappa shape index (κ1) is 26.3. The van der Waals surface area contributed by atoms with Gasteiger partial charge in [0.25, 0.3) is 0 Å². The van der Waals surface area contributed by atoms with Gasteiger partial charge in [0.05, 0.1) is 11.0 Å². The van der Waals surface area contributed by atoms with Gasteiger partial charge in [-0.15, -0.1) is 0 Å². The van der Waals surface area contributed by atoms with E-state index in [1.807, 2.05) is 31.2 Å². The Morgan fingerprint density at radius 1 is 0.971 bits per heavy atom. The van der Waals surface area contributed by atoms with Crippen molar-refractivity contribution in [1.82, 2.24) is 10.6 Å². The second kappa shape index (κ2) is 10.5. The molecule has 0 saturated carbocycles. The fourth-order valence-corrected chi connectivity index (χ4v) is 4.37. The van der Waals surface area contributed by atoms with Gasteiger partial charge in [-0.3, -0.25) is 9.59 Å². The molecule has 3 N–H and O–H groups in total. The van der Waals surface area contributed by atoms with Crippen LogP contribution in [0.1, 0.15) is 70.9 Å². The van der Waals surface area contributed by atoms with Gasteiger partial charge in [-0.2, -0.15) is 0 Å². The molecular formula is C28H36N2O5. The topological polar surface area (TPSA) is 105 Å². The standard InChI is InChI=1S/C28H36N2O5/c1-6-18(15-16-24(31)32)29-25(33)27(2,3)28(4,5)30-26(34)35-17-23-21-13-9-7-11-19(21)20-12-8-10-14-22(20)23/h7-14,18,23H,6,15-17H2,1-5H3,(H,29,33)(H,30,34)(H,31,32). The summed E-state index contributed by atoms with van der Waals surface area (Å²) >= 11 is 0. The lowest BCUT2D eigenvalue weighted by Gasteiger charge is -2.41. The van der Waals surface area contributed by atoms with Gasteiger partial charge < -0.3 is 20.5 Å². The van der Waals surface area contributed by atoms with Gasteiger partial charge in [-0.25, -0.2) is 4.79 Å². The van der Waals surface area contributed by atoms with Crippen molar-refractivity contribution in [2.75, 3.05) is 6.61 Å². The third-order valence-corrected chi connectivity index (χ3v) is 7.42. The second-order valence-corrected chi connectivity index (χ2v) is 10.2. The molecule has 0 radical (unpaired) electrons. The largest absolute Gasteiger partial charge is 0.481 e. The van der Waals surface area contributed by atoms with Crippen LogP contribution >= 0.6 is 0 Å². The van der Waals surface area contributed by atoms with Gasteiger partial charge in [0.2, 0.25) is 5.91 Å². The lowest BCUT2D eigenvalue weighted by Crippen LogP contribution is -2.60. The summed E-state index contributed by atoms with van der Waals surface area (Å²) in [6.07, 6.45) is 0.375. The van der Waals surface area contributed by atoms with E-state index in [9.17, 15) is 14.4 Å². The van der Waals surface area contributed by atoms with Crippen molar-refractivity contribution in [3.63, 3.8) is 0 Å². The van der Waals surface area contributed by atoms with Crippen molar-refractivity contribution >= 4 is 18.0 Å². The molecule has 7 nitrogen and oxygen atoms in total. The van der Waals surface area contributed by atoms with Crippen LogP contribution in [0.2, 0.25) is 0 Å². The maximum atomic E-state index is 13.1. The molecule has 188 valence electrons. The van der Waals surface area contributed by atoms with Crippen molar-refractivity contribution in [3.8, 4) is 11.1 Å². The molecule has 0 heterocycles. The number of fused-ring (bicyclic) bond motifs is 3. The van der Waals surface area contributed by atoms with Crippen LogP contribution in [-0.2, 0) is 14.3 Å². The van der Waals surface area contributed by atoms with Crippen LogP contribution in [0.4, 0.5) is 4.79 Å². The Kier molecular flexibility index (Phi) is 7.88. The third-order valence-electron chi connectivity index (χ3n) is 7.42. The quantitative estimate of drug-likeness (QED) is 0.439. The van der Waals surface area contributed by atoms with E-state index >= 15 is 0 Å². The minimum atomic E-state index is -0.977. The summed E-state index contributed by atoms with van der Waals surface area (Å²) in [5.41, 5.74) is 2.67. The van der Waals surface area contributed by atoms with Crippen LogP contribution in [0.15, 0.2) is 48.5 Å². The molecule has 0 bridgehead atoms. The van der Waals surface area contributed by atoms with Gasteiger partial charge >= 0.3 is 12.1 Å². The summed E-state index contributed by atoms with van der Waals surface area (Å²) in [5.74, 6) is -1.19. The van der Waals surface area contributed by atoms with E-state index in [4.69, 9.17) is 9.84 Å². The van der Waals surface area contributed by atoms with Crippen molar-refractivity contribution < 1.29 is 24.2 Å². The fourth-order valence-electron chi connectivity index (χ4n) is 4.37. The smallest absolute Gasteiger partial charge is 0.407 e.